The maximum Gasteiger partial charge on any atom is 0.339 e. The first-order valence-corrected chi connectivity index (χ1v) is 18.3. The van der Waals surface area contributed by atoms with Gasteiger partial charge in [-0.1, -0.05) is 0 Å². The van der Waals surface area contributed by atoms with E-state index in [0.717, 1.165) is 25.4 Å². The number of carbonyl (C=O) groups excluding carboxylic acids is 5. The van der Waals surface area contributed by atoms with Crippen molar-refractivity contribution in [3.63, 3.8) is 0 Å². The molecule has 3 heterocycles. The Morgan fingerprint density at radius 1 is 0.688 bits per heavy atom. The summed E-state index contributed by atoms with van der Waals surface area (Å²) in [5, 5.41) is 64.3. The Bertz CT molecular complexity index is 2770. The maximum atomic E-state index is 13.5. The first-order chi connectivity index (χ1) is 30.7. The van der Waals surface area contributed by atoms with E-state index in [9.17, 15) is 54.2 Å². The summed E-state index contributed by atoms with van der Waals surface area (Å²) >= 11 is 0. The fourth-order valence-electron chi connectivity index (χ4n) is 5.83. The molecule has 9 N–H and O–H groups in total. The van der Waals surface area contributed by atoms with Gasteiger partial charge in [0.15, 0.2) is 23.0 Å². The van der Waals surface area contributed by atoms with Gasteiger partial charge in [-0.3, -0.25) is 34.1 Å². The zero-order chi connectivity index (χ0) is 46.1. The molecule has 24 heteroatoms. The molecule has 1 unspecified atom stereocenters. The molecule has 6 aromatic rings. The fraction of sp³-hybridized carbons (Fsp3) is 0.100. The summed E-state index contributed by atoms with van der Waals surface area (Å²) in [5.41, 5.74) is -0.592. The minimum Gasteiger partial charge on any atom is -0.504 e. The van der Waals surface area contributed by atoms with Crippen LogP contribution in [0.5, 0.6) is 23.0 Å². The topological polar surface area (TPSA) is 352 Å². The number of carbonyl (C=O) groups is 6. The first kappa shape index (κ1) is 44.1. The van der Waals surface area contributed by atoms with Crippen LogP contribution >= 0.6 is 0 Å². The summed E-state index contributed by atoms with van der Waals surface area (Å²) in [6.07, 6.45) is 3.40. The number of hydrogen-bond acceptors (Lipinski definition) is 16. The van der Waals surface area contributed by atoms with Crippen LogP contribution in [0, 0.1) is 10.1 Å². The number of nitro groups is 1. The molecule has 326 valence electrons. The largest absolute Gasteiger partial charge is 0.504 e. The van der Waals surface area contributed by atoms with Gasteiger partial charge in [0.25, 0.3) is 29.3 Å². The van der Waals surface area contributed by atoms with Gasteiger partial charge in [0.05, 0.1) is 59.9 Å². The molecule has 0 aliphatic carbocycles. The van der Waals surface area contributed by atoms with E-state index < -0.39 is 63.5 Å². The molecule has 0 aliphatic rings. The van der Waals surface area contributed by atoms with Crippen LogP contribution in [0.4, 0.5) is 28.4 Å². The number of anilines is 4. The molecule has 0 saturated carbocycles. The predicted molar refractivity (Wildman–Crippen MR) is 222 cm³/mol. The van der Waals surface area contributed by atoms with Crippen molar-refractivity contribution in [2.75, 3.05) is 35.5 Å². The average molecular weight is 876 g/mol. The van der Waals surface area contributed by atoms with Gasteiger partial charge in [-0.25, -0.2) is 14.8 Å². The summed E-state index contributed by atoms with van der Waals surface area (Å²) in [7, 11) is 2.33. The number of pyridine rings is 2. The zero-order valence-corrected chi connectivity index (χ0v) is 33.1. The van der Waals surface area contributed by atoms with Crippen molar-refractivity contribution in [3.8, 4) is 23.0 Å². The minimum absolute atomic E-state index is 0.0628. The van der Waals surface area contributed by atoms with Crippen LogP contribution in [0.1, 0.15) is 57.7 Å². The van der Waals surface area contributed by atoms with Crippen molar-refractivity contribution in [1.29, 1.82) is 0 Å². The average Bonchev–Trinajstić information content (AvgIpc) is 3.80. The molecule has 24 nitrogen and oxygen atoms in total. The van der Waals surface area contributed by atoms with Gasteiger partial charge in [0.2, 0.25) is 5.91 Å². The molecule has 0 bridgehead atoms. The van der Waals surface area contributed by atoms with Crippen molar-refractivity contribution in [2.24, 2.45) is 0 Å². The van der Waals surface area contributed by atoms with E-state index in [1.807, 2.05) is 0 Å². The lowest BCUT2D eigenvalue weighted by Crippen LogP contribution is -2.45. The van der Waals surface area contributed by atoms with E-state index in [4.69, 9.17) is 9.47 Å². The third-order valence-corrected chi connectivity index (χ3v) is 9.00. The van der Waals surface area contributed by atoms with Crippen LogP contribution in [0.2, 0.25) is 0 Å². The van der Waals surface area contributed by atoms with Gasteiger partial charge in [0.1, 0.15) is 29.2 Å². The van der Waals surface area contributed by atoms with Gasteiger partial charge in [-0.15, -0.1) is 0 Å². The molecule has 0 fully saturated rings. The highest BCUT2D eigenvalue weighted by molar-refractivity contribution is 6.10. The number of H-pyrrole nitrogens is 1. The van der Waals surface area contributed by atoms with Gasteiger partial charge in [-0.05, 0) is 66.7 Å². The van der Waals surface area contributed by atoms with Crippen LogP contribution in [0.15, 0.2) is 91.4 Å². The van der Waals surface area contributed by atoms with Gasteiger partial charge >= 0.3 is 5.97 Å². The summed E-state index contributed by atoms with van der Waals surface area (Å²) < 4.78 is 10.3. The smallest absolute Gasteiger partial charge is 0.339 e. The number of aromatic carboxylic acids is 1. The number of aromatic nitrogens is 5. The van der Waals surface area contributed by atoms with E-state index in [1.54, 1.807) is 0 Å². The second-order valence-electron chi connectivity index (χ2n) is 13.1. The molecule has 3 aromatic carbocycles. The number of phenols is 2. The number of benzene rings is 3. The van der Waals surface area contributed by atoms with E-state index >= 15 is 0 Å². The lowest BCUT2D eigenvalue weighted by Gasteiger charge is -2.18. The molecule has 64 heavy (non-hydrogen) atoms. The molecule has 0 aliphatic heterocycles. The van der Waals surface area contributed by atoms with Crippen molar-refractivity contribution in [3.05, 3.63) is 135 Å². The van der Waals surface area contributed by atoms with Crippen molar-refractivity contribution in [2.45, 2.75) is 12.5 Å². The molecule has 3 aromatic heterocycles. The Morgan fingerprint density at radius 3 is 1.81 bits per heavy atom. The lowest BCUT2D eigenvalue weighted by molar-refractivity contribution is -0.385. The lowest BCUT2D eigenvalue weighted by atomic mass is 10.1. The minimum atomic E-state index is -1.43. The number of amides is 5. The summed E-state index contributed by atoms with van der Waals surface area (Å²) in [4.78, 5) is 95.2. The molecular weight excluding hydrogens is 843 g/mol. The maximum absolute atomic E-state index is 13.5. The second-order valence-corrected chi connectivity index (χ2v) is 13.1. The monoisotopic (exact) mass is 875 g/mol. The Morgan fingerprint density at radius 2 is 1.27 bits per heavy atom. The van der Waals surface area contributed by atoms with E-state index in [1.165, 1.54) is 80.2 Å². The number of hydrogen-bond donors (Lipinski definition) is 9. The number of carboxylic acids is 1. The Kier molecular flexibility index (Phi) is 13.3. The van der Waals surface area contributed by atoms with E-state index in [2.05, 4.69) is 52.0 Å². The highest BCUT2D eigenvalue weighted by atomic mass is 16.6. The zero-order valence-electron chi connectivity index (χ0n) is 33.1. The van der Waals surface area contributed by atoms with E-state index in [0.29, 0.717) is 5.69 Å². The number of carboxylic acid groups (broad SMARTS) is 1. The molecule has 0 saturated heterocycles. The number of phenolic OH excluding ortho intramolecular Hbond substituents is 1. The standard InChI is InChI=1S/C40H33N11O13/c1-63-33-27(13-9-24(31(33)52)36(55)46-26-14-10-25(40(59)60)32(53)34(26)64-2)47-38(57)28-11-7-21(16-41-28)45-39(58)30(15-22-17-43-50-49-22)48-35(54)19-3-5-20(6-4-19)44-37(56)29-12-8-23(18-42-29)51(61)62/h3-14,16-18,30,52-53H,15H2,1-2H3,(H,44,56)(H,45,58)(H,46,55)(H,47,57)(H,48,54)(H,59,60)(H,43,49,50). The Labute approximate surface area is 358 Å². The quantitative estimate of drug-likeness (QED) is 0.0497. The molecule has 5 amide bonds. The molecule has 0 radical (unpaired) electrons. The SMILES string of the molecule is COc1c(NC(=O)c2ccc(NC(=O)c3ccc(NC(=O)C(Cc4cn[nH]n4)NC(=O)c4ccc(NC(=O)c5ccc([N+](=O)[O-])cn5)cc4)cn3)c(OC)c2O)ccc(C(=O)O)c1O. The molecule has 0 spiro atoms. The fourth-order valence-corrected chi connectivity index (χ4v) is 5.83. The highest BCUT2D eigenvalue weighted by Crippen LogP contribution is 2.40. The van der Waals surface area contributed by atoms with Crippen molar-refractivity contribution in [1.82, 2.24) is 30.7 Å². The summed E-state index contributed by atoms with van der Waals surface area (Å²) in [6.45, 7) is 0. The summed E-state index contributed by atoms with van der Waals surface area (Å²) in [5.74, 6) is -7.18. The number of ether oxygens (including phenoxy) is 2. The number of rotatable bonds is 16. The Hall–Kier alpha value is -9.48. The number of methoxy groups -OCH3 is 2. The van der Waals surface area contributed by atoms with Crippen LogP contribution in [-0.2, 0) is 11.2 Å². The van der Waals surface area contributed by atoms with Crippen molar-refractivity contribution >= 4 is 63.9 Å². The van der Waals surface area contributed by atoms with Gasteiger partial charge in [-0.2, -0.15) is 15.4 Å². The van der Waals surface area contributed by atoms with Crippen LogP contribution in [-0.4, -0.2) is 101 Å². The Balaban J connectivity index is 1.09. The van der Waals surface area contributed by atoms with Crippen LogP contribution in [0.25, 0.3) is 0 Å². The number of aromatic hydroxyl groups is 2. The molecule has 1 atom stereocenters. The number of nitrogens with zero attached hydrogens (tertiary/aromatic N) is 5. The third-order valence-electron chi connectivity index (χ3n) is 9.00. The highest BCUT2D eigenvalue weighted by Gasteiger charge is 2.26. The van der Waals surface area contributed by atoms with E-state index in [-0.39, 0.29) is 68.9 Å². The normalized spacial score (nSPS) is 11.0. The molecule has 6 rings (SSSR count). The first-order valence-electron chi connectivity index (χ1n) is 18.3. The summed E-state index contributed by atoms with van der Waals surface area (Å²) in [6, 6.07) is 14.1. The van der Waals surface area contributed by atoms with Gasteiger partial charge < -0.3 is 51.4 Å². The van der Waals surface area contributed by atoms with Gasteiger partial charge in [0, 0.05) is 23.7 Å². The second kappa shape index (κ2) is 19.3. The van der Waals surface area contributed by atoms with Crippen molar-refractivity contribution < 1.29 is 58.5 Å². The predicted octanol–water partition coefficient (Wildman–Crippen LogP) is 3.37. The number of nitrogens with one attached hydrogen (secondary N) is 6. The number of aromatic amines is 1. The van der Waals surface area contributed by atoms with Crippen LogP contribution < -0.4 is 36.1 Å². The molecular formula is C40H33N11O13. The van der Waals surface area contributed by atoms with Crippen LogP contribution in [0.3, 0.4) is 0 Å². The third kappa shape index (κ3) is 10.1.